The van der Waals surface area contributed by atoms with E-state index in [2.05, 4.69) is 10.3 Å². The Kier molecular flexibility index (Phi) is 3.11. The number of pyridine rings is 1. The number of aromatic nitrogens is 2. The minimum Gasteiger partial charge on any atom is -0.317 e. The molecule has 0 bridgehead atoms. The topological polar surface area (TPSA) is 46.4 Å². The lowest BCUT2D eigenvalue weighted by Gasteiger charge is -2.21. The lowest BCUT2D eigenvalue weighted by Crippen LogP contribution is -2.29. The first-order chi connectivity index (χ1) is 8.88. The summed E-state index contributed by atoms with van der Waals surface area (Å²) in [5, 5.41) is 3.38. The summed E-state index contributed by atoms with van der Waals surface area (Å²) in [7, 11) is 0. The first-order valence-electron chi connectivity index (χ1n) is 6.49. The smallest absolute Gasteiger partial charge is 0.152 e. The van der Waals surface area contributed by atoms with Gasteiger partial charge in [0.15, 0.2) is 6.29 Å². The molecule has 4 nitrogen and oxygen atoms in total. The number of aldehydes is 1. The van der Waals surface area contributed by atoms with Crippen LogP contribution >= 0.6 is 0 Å². The molecule has 0 aliphatic carbocycles. The lowest BCUT2D eigenvalue weighted by molar-refractivity contribution is 0.112. The number of fused-ring (bicyclic) bond motifs is 1. The van der Waals surface area contributed by atoms with Crippen LogP contribution in [-0.4, -0.2) is 28.8 Å². The Hall–Kier alpha value is -1.68. The average molecular weight is 243 g/mol. The number of carbonyl (C=O) groups is 1. The maximum atomic E-state index is 11.0. The molecule has 2 aromatic rings. The molecule has 0 aromatic carbocycles. The van der Waals surface area contributed by atoms with Crippen molar-refractivity contribution in [1.29, 1.82) is 0 Å². The van der Waals surface area contributed by atoms with Gasteiger partial charge in [-0.3, -0.25) is 4.79 Å². The van der Waals surface area contributed by atoms with Crippen LogP contribution in [0.25, 0.3) is 5.52 Å². The monoisotopic (exact) mass is 243 g/mol. The minimum absolute atomic E-state index is 0.705. The molecule has 18 heavy (non-hydrogen) atoms. The van der Waals surface area contributed by atoms with Gasteiger partial charge in [-0.05, 0) is 44.0 Å². The number of carbonyl (C=O) groups excluding carboxylic acids is 1. The highest BCUT2D eigenvalue weighted by atomic mass is 16.1. The minimum atomic E-state index is 0.705. The average Bonchev–Trinajstić information content (AvgIpc) is 2.83. The molecule has 0 radical (unpaired) electrons. The van der Waals surface area contributed by atoms with Gasteiger partial charge < -0.3 is 9.72 Å². The molecule has 1 fully saturated rings. The highest BCUT2D eigenvalue weighted by Gasteiger charge is 2.16. The van der Waals surface area contributed by atoms with Crippen LogP contribution in [0.2, 0.25) is 0 Å². The molecule has 94 valence electrons. The van der Waals surface area contributed by atoms with Crippen molar-refractivity contribution >= 4 is 11.8 Å². The van der Waals surface area contributed by atoms with E-state index in [0.717, 1.165) is 37.1 Å². The number of hydrogen-bond acceptors (Lipinski definition) is 3. The van der Waals surface area contributed by atoms with E-state index in [-0.39, 0.29) is 0 Å². The van der Waals surface area contributed by atoms with Crippen molar-refractivity contribution in [3.05, 3.63) is 35.9 Å². The largest absolute Gasteiger partial charge is 0.317 e. The van der Waals surface area contributed by atoms with E-state index in [0.29, 0.717) is 11.5 Å². The third-order valence-corrected chi connectivity index (χ3v) is 3.74. The highest BCUT2D eigenvalue weighted by Crippen LogP contribution is 2.19. The first-order valence-corrected chi connectivity index (χ1v) is 6.49. The van der Waals surface area contributed by atoms with Gasteiger partial charge in [-0.15, -0.1) is 0 Å². The van der Waals surface area contributed by atoms with Crippen molar-refractivity contribution in [3.63, 3.8) is 0 Å². The summed E-state index contributed by atoms with van der Waals surface area (Å²) in [6.45, 7) is 2.21. The summed E-state index contributed by atoms with van der Waals surface area (Å²) < 4.78 is 2.05. The molecule has 3 rings (SSSR count). The summed E-state index contributed by atoms with van der Waals surface area (Å²) in [6, 6.07) is 3.74. The molecule has 4 heteroatoms. The zero-order chi connectivity index (χ0) is 12.4. The summed E-state index contributed by atoms with van der Waals surface area (Å²) in [5.74, 6) is 1.78. The molecule has 0 amide bonds. The van der Waals surface area contributed by atoms with E-state index < -0.39 is 0 Å². The maximum Gasteiger partial charge on any atom is 0.152 e. The molecule has 1 N–H and O–H groups in total. The summed E-state index contributed by atoms with van der Waals surface area (Å²) in [5.41, 5.74) is 1.62. The molecule has 0 atom stereocenters. The Morgan fingerprint density at radius 3 is 3.06 bits per heavy atom. The molecule has 1 aliphatic rings. The van der Waals surface area contributed by atoms with Crippen molar-refractivity contribution in [2.24, 2.45) is 5.92 Å². The Morgan fingerprint density at radius 1 is 1.44 bits per heavy atom. The quantitative estimate of drug-likeness (QED) is 0.834. The van der Waals surface area contributed by atoms with Crippen LogP contribution in [0.3, 0.4) is 0 Å². The van der Waals surface area contributed by atoms with Gasteiger partial charge in [0.25, 0.3) is 0 Å². The fourth-order valence-corrected chi connectivity index (χ4v) is 2.69. The number of imidazole rings is 1. The summed E-state index contributed by atoms with van der Waals surface area (Å²) >= 11 is 0. The van der Waals surface area contributed by atoms with Crippen LogP contribution in [-0.2, 0) is 6.42 Å². The molecule has 3 heterocycles. The third kappa shape index (κ3) is 2.04. The van der Waals surface area contributed by atoms with Crippen LogP contribution in [0, 0.1) is 5.92 Å². The zero-order valence-electron chi connectivity index (χ0n) is 10.3. The fourth-order valence-electron chi connectivity index (χ4n) is 2.69. The van der Waals surface area contributed by atoms with Gasteiger partial charge in [-0.1, -0.05) is 0 Å². The fraction of sp³-hybridized carbons (Fsp3) is 0.429. The van der Waals surface area contributed by atoms with Crippen molar-refractivity contribution in [2.75, 3.05) is 13.1 Å². The molecule has 1 aliphatic heterocycles. The van der Waals surface area contributed by atoms with Gasteiger partial charge in [0.1, 0.15) is 5.82 Å². The van der Waals surface area contributed by atoms with Crippen molar-refractivity contribution in [2.45, 2.75) is 19.3 Å². The van der Waals surface area contributed by atoms with Crippen LogP contribution in [0.15, 0.2) is 24.5 Å². The standard InChI is InChI=1S/C14H17N3O/c18-10-12-2-1-7-17-13(12)9-16-14(17)8-11-3-5-15-6-4-11/h1-2,7,9-11,15H,3-6,8H2. The Balaban J connectivity index is 1.90. The predicted molar refractivity (Wildman–Crippen MR) is 69.9 cm³/mol. The van der Waals surface area contributed by atoms with Crippen molar-refractivity contribution < 1.29 is 4.79 Å². The lowest BCUT2D eigenvalue weighted by atomic mass is 9.94. The maximum absolute atomic E-state index is 11.0. The zero-order valence-corrected chi connectivity index (χ0v) is 10.3. The van der Waals surface area contributed by atoms with Gasteiger partial charge in [-0.2, -0.15) is 0 Å². The Morgan fingerprint density at radius 2 is 2.28 bits per heavy atom. The molecule has 0 unspecified atom stereocenters. The van der Waals surface area contributed by atoms with Crippen LogP contribution < -0.4 is 5.32 Å². The van der Waals surface area contributed by atoms with E-state index in [1.165, 1.54) is 12.8 Å². The van der Waals surface area contributed by atoms with E-state index in [1.807, 2.05) is 22.7 Å². The van der Waals surface area contributed by atoms with E-state index >= 15 is 0 Å². The number of nitrogens with one attached hydrogen (secondary N) is 1. The van der Waals surface area contributed by atoms with Crippen LogP contribution in [0.5, 0.6) is 0 Å². The first kappa shape index (κ1) is 11.4. The molecular formula is C14H17N3O. The molecule has 0 saturated carbocycles. The van der Waals surface area contributed by atoms with Gasteiger partial charge >= 0.3 is 0 Å². The predicted octanol–water partition coefficient (Wildman–Crippen LogP) is 1.69. The molecule has 1 saturated heterocycles. The SMILES string of the molecule is O=Cc1cccn2c(CC3CCNCC3)ncc12. The number of piperidine rings is 1. The number of rotatable bonds is 3. The third-order valence-electron chi connectivity index (χ3n) is 3.74. The van der Waals surface area contributed by atoms with E-state index in [4.69, 9.17) is 0 Å². The Bertz CT molecular complexity index is 555. The van der Waals surface area contributed by atoms with Gasteiger partial charge in [-0.25, -0.2) is 4.98 Å². The summed E-state index contributed by atoms with van der Waals surface area (Å²) in [4.78, 5) is 15.5. The number of nitrogens with zero attached hydrogens (tertiary/aromatic N) is 2. The second kappa shape index (κ2) is 4.90. The molecular weight excluding hydrogens is 226 g/mol. The normalized spacial score (nSPS) is 17.1. The van der Waals surface area contributed by atoms with Gasteiger partial charge in [0, 0.05) is 18.2 Å². The second-order valence-electron chi connectivity index (χ2n) is 4.91. The Labute approximate surface area is 106 Å². The van der Waals surface area contributed by atoms with Crippen LogP contribution in [0.4, 0.5) is 0 Å². The van der Waals surface area contributed by atoms with Gasteiger partial charge in [0.2, 0.25) is 0 Å². The van der Waals surface area contributed by atoms with Crippen LogP contribution in [0.1, 0.15) is 29.0 Å². The summed E-state index contributed by atoms with van der Waals surface area (Å²) in [6.07, 6.45) is 8.11. The molecule has 2 aromatic heterocycles. The van der Waals surface area contributed by atoms with Crippen molar-refractivity contribution in [3.8, 4) is 0 Å². The molecule has 0 spiro atoms. The second-order valence-corrected chi connectivity index (χ2v) is 4.91. The van der Waals surface area contributed by atoms with E-state index in [1.54, 1.807) is 6.20 Å². The van der Waals surface area contributed by atoms with Crippen molar-refractivity contribution in [1.82, 2.24) is 14.7 Å². The highest BCUT2D eigenvalue weighted by molar-refractivity contribution is 5.85. The van der Waals surface area contributed by atoms with Gasteiger partial charge in [0.05, 0.1) is 11.7 Å². The number of hydrogen-bond donors (Lipinski definition) is 1. The van der Waals surface area contributed by atoms with E-state index in [9.17, 15) is 4.79 Å².